The highest BCUT2D eigenvalue weighted by Crippen LogP contribution is 2.37. The molecule has 1 heterocycles. The summed E-state index contributed by atoms with van der Waals surface area (Å²) in [6.45, 7) is 1.31. The molecule has 0 unspecified atom stereocenters. The van der Waals surface area contributed by atoms with E-state index in [0.717, 1.165) is 12.0 Å². The number of nitrogens with one attached hydrogen (secondary N) is 1. The van der Waals surface area contributed by atoms with Gasteiger partial charge in [-0.25, -0.2) is 0 Å². The van der Waals surface area contributed by atoms with Crippen LogP contribution in [0.25, 0.3) is 0 Å². The van der Waals surface area contributed by atoms with E-state index >= 15 is 0 Å². The third-order valence-corrected chi connectivity index (χ3v) is 3.99. The van der Waals surface area contributed by atoms with Gasteiger partial charge in [-0.15, -0.1) is 0 Å². The Balaban J connectivity index is 1.53. The molecular formula is C19H17ClN2O4. The minimum absolute atomic E-state index is 0.121. The van der Waals surface area contributed by atoms with Crippen molar-refractivity contribution in [2.24, 2.45) is 0 Å². The molecule has 2 aromatic carbocycles. The smallest absolute Gasteiger partial charge is 0.258 e. The fraction of sp³-hybridized carbons (Fsp3) is 0.263. The lowest BCUT2D eigenvalue weighted by molar-refractivity contribution is -0.123. The summed E-state index contributed by atoms with van der Waals surface area (Å²) in [5.74, 6) is 1.40. The summed E-state index contributed by atoms with van der Waals surface area (Å²) < 4.78 is 16.6. The van der Waals surface area contributed by atoms with E-state index in [0.29, 0.717) is 47.6 Å². The van der Waals surface area contributed by atoms with Gasteiger partial charge in [-0.05, 0) is 42.0 Å². The zero-order valence-corrected chi connectivity index (χ0v) is 14.7. The van der Waals surface area contributed by atoms with Crippen molar-refractivity contribution in [2.75, 3.05) is 19.8 Å². The first-order valence-corrected chi connectivity index (χ1v) is 8.51. The van der Waals surface area contributed by atoms with E-state index in [9.17, 15) is 4.79 Å². The van der Waals surface area contributed by atoms with E-state index < -0.39 is 0 Å². The predicted octanol–water partition coefficient (Wildman–Crippen LogP) is 3.07. The Kier molecular flexibility index (Phi) is 5.82. The summed E-state index contributed by atoms with van der Waals surface area (Å²) in [6.07, 6.45) is 0.795. The molecule has 6 nitrogen and oxygen atoms in total. The van der Waals surface area contributed by atoms with Gasteiger partial charge in [0.2, 0.25) is 0 Å². The van der Waals surface area contributed by atoms with Gasteiger partial charge in [0.1, 0.15) is 5.75 Å². The van der Waals surface area contributed by atoms with Crippen molar-refractivity contribution in [3.05, 3.63) is 52.5 Å². The van der Waals surface area contributed by atoms with E-state index in [1.807, 2.05) is 12.1 Å². The predicted molar refractivity (Wildman–Crippen MR) is 95.6 cm³/mol. The first-order valence-electron chi connectivity index (χ1n) is 8.13. The summed E-state index contributed by atoms with van der Waals surface area (Å²) in [5.41, 5.74) is 1.35. The molecule has 3 rings (SSSR count). The van der Waals surface area contributed by atoms with E-state index in [4.69, 9.17) is 31.1 Å². The van der Waals surface area contributed by atoms with Crippen LogP contribution in [0.2, 0.25) is 5.02 Å². The molecule has 0 atom stereocenters. The summed E-state index contributed by atoms with van der Waals surface area (Å²) >= 11 is 6.24. The molecule has 1 amide bonds. The average Bonchev–Trinajstić information content (AvgIpc) is 2.91. The second-order valence-corrected chi connectivity index (χ2v) is 6.06. The normalized spacial score (nSPS) is 12.6. The maximum absolute atomic E-state index is 12.0. The summed E-state index contributed by atoms with van der Waals surface area (Å²) in [7, 11) is 0. The largest absolute Gasteiger partial charge is 0.489 e. The van der Waals surface area contributed by atoms with Crippen molar-refractivity contribution in [3.8, 4) is 23.3 Å². The van der Waals surface area contributed by atoms with Gasteiger partial charge in [0, 0.05) is 13.0 Å². The molecule has 2 aromatic rings. The number of nitrogens with zero attached hydrogens (tertiary/aromatic N) is 1. The second kappa shape index (κ2) is 8.45. The van der Waals surface area contributed by atoms with Crippen LogP contribution in [0.5, 0.6) is 17.2 Å². The Morgan fingerprint density at radius 3 is 2.77 bits per heavy atom. The standard InChI is InChI=1S/C19H17ClN2O4/c20-16-8-14(9-17-19(16)25-7-1-6-24-17)11-22-18(23)12-26-15-4-2-13(10-21)3-5-15/h2-5,8-9H,1,6-7,11-12H2,(H,22,23). The van der Waals surface area contributed by atoms with E-state index in [1.54, 1.807) is 30.3 Å². The highest BCUT2D eigenvalue weighted by atomic mass is 35.5. The van der Waals surface area contributed by atoms with Gasteiger partial charge >= 0.3 is 0 Å². The second-order valence-electron chi connectivity index (χ2n) is 5.66. The molecule has 0 bridgehead atoms. The highest BCUT2D eigenvalue weighted by molar-refractivity contribution is 6.32. The average molecular weight is 373 g/mol. The van der Waals surface area contributed by atoms with Crippen LogP contribution in [0.3, 0.4) is 0 Å². The first-order chi connectivity index (χ1) is 12.7. The molecule has 0 fully saturated rings. The summed E-state index contributed by atoms with van der Waals surface area (Å²) in [4.78, 5) is 12.0. The first kappa shape index (κ1) is 17.9. The van der Waals surface area contributed by atoms with Gasteiger partial charge in [-0.2, -0.15) is 5.26 Å². The number of carbonyl (C=O) groups is 1. The molecule has 0 spiro atoms. The Morgan fingerprint density at radius 1 is 1.23 bits per heavy atom. The number of ether oxygens (including phenoxy) is 3. The number of carbonyl (C=O) groups excluding carboxylic acids is 1. The zero-order chi connectivity index (χ0) is 18.4. The number of hydrogen-bond donors (Lipinski definition) is 1. The van der Waals surface area contributed by atoms with Crippen molar-refractivity contribution >= 4 is 17.5 Å². The maximum Gasteiger partial charge on any atom is 0.258 e. The molecule has 1 aliphatic heterocycles. The summed E-state index contributed by atoms with van der Waals surface area (Å²) in [5, 5.41) is 12.0. The van der Waals surface area contributed by atoms with Crippen LogP contribution in [-0.4, -0.2) is 25.7 Å². The van der Waals surface area contributed by atoms with Crippen LogP contribution in [0.4, 0.5) is 0 Å². The summed E-state index contributed by atoms with van der Waals surface area (Å²) in [6, 6.07) is 12.1. The lowest BCUT2D eigenvalue weighted by Gasteiger charge is -2.12. The van der Waals surface area contributed by atoms with Crippen LogP contribution < -0.4 is 19.5 Å². The van der Waals surface area contributed by atoms with Crippen LogP contribution in [0.15, 0.2) is 36.4 Å². The fourth-order valence-electron chi connectivity index (χ4n) is 2.41. The van der Waals surface area contributed by atoms with Crippen molar-refractivity contribution in [1.82, 2.24) is 5.32 Å². The van der Waals surface area contributed by atoms with Gasteiger partial charge in [0.05, 0.1) is 29.9 Å². The molecule has 0 saturated heterocycles. The number of rotatable bonds is 5. The lowest BCUT2D eigenvalue weighted by atomic mass is 10.2. The minimum atomic E-state index is -0.266. The molecule has 0 saturated carbocycles. The molecule has 134 valence electrons. The molecule has 1 N–H and O–H groups in total. The van der Waals surface area contributed by atoms with Crippen molar-refractivity contribution in [2.45, 2.75) is 13.0 Å². The van der Waals surface area contributed by atoms with Crippen molar-refractivity contribution < 1.29 is 19.0 Å². The maximum atomic E-state index is 12.0. The SMILES string of the molecule is N#Cc1ccc(OCC(=O)NCc2cc(Cl)c3c(c2)OCCCO3)cc1. The Morgan fingerprint density at radius 2 is 2.00 bits per heavy atom. The van der Waals surface area contributed by atoms with Crippen LogP contribution in [0.1, 0.15) is 17.5 Å². The van der Waals surface area contributed by atoms with Gasteiger partial charge < -0.3 is 19.5 Å². The Bertz CT molecular complexity index is 831. The molecule has 7 heteroatoms. The Labute approximate surface area is 156 Å². The van der Waals surface area contributed by atoms with Crippen molar-refractivity contribution in [1.29, 1.82) is 5.26 Å². The quantitative estimate of drug-likeness (QED) is 0.872. The molecule has 0 radical (unpaired) electrons. The molecule has 26 heavy (non-hydrogen) atoms. The van der Waals surface area contributed by atoms with Gasteiger partial charge in [-0.1, -0.05) is 11.6 Å². The van der Waals surface area contributed by atoms with Crippen LogP contribution in [0, 0.1) is 11.3 Å². The monoisotopic (exact) mass is 372 g/mol. The number of nitriles is 1. The minimum Gasteiger partial charge on any atom is -0.489 e. The molecule has 0 aliphatic carbocycles. The van der Waals surface area contributed by atoms with E-state index in [1.165, 1.54) is 0 Å². The molecular weight excluding hydrogens is 356 g/mol. The zero-order valence-electron chi connectivity index (χ0n) is 14.0. The number of benzene rings is 2. The van der Waals surface area contributed by atoms with Gasteiger partial charge in [0.15, 0.2) is 18.1 Å². The van der Waals surface area contributed by atoms with Crippen LogP contribution >= 0.6 is 11.6 Å². The number of fused-ring (bicyclic) bond motifs is 1. The third-order valence-electron chi connectivity index (χ3n) is 3.70. The van der Waals surface area contributed by atoms with Gasteiger partial charge in [-0.3, -0.25) is 4.79 Å². The van der Waals surface area contributed by atoms with Crippen molar-refractivity contribution in [3.63, 3.8) is 0 Å². The number of hydrogen-bond acceptors (Lipinski definition) is 5. The highest BCUT2D eigenvalue weighted by Gasteiger charge is 2.16. The molecule has 1 aliphatic rings. The van der Waals surface area contributed by atoms with E-state index in [-0.39, 0.29) is 12.5 Å². The van der Waals surface area contributed by atoms with Crippen LogP contribution in [-0.2, 0) is 11.3 Å². The number of halogens is 1. The topological polar surface area (TPSA) is 80.6 Å². The fourth-order valence-corrected chi connectivity index (χ4v) is 2.70. The molecule has 0 aromatic heterocycles. The van der Waals surface area contributed by atoms with E-state index in [2.05, 4.69) is 5.32 Å². The lowest BCUT2D eigenvalue weighted by Crippen LogP contribution is -2.28. The van der Waals surface area contributed by atoms with Gasteiger partial charge in [0.25, 0.3) is 5.91 Å². The third kappa shape index (κ3) is 4.58. The number of amides is 1. The Hall–Kier alpha value is -2.91.